The quantitative estimate of drug-likeness (QED) is 0.644. The van der Waals surface area contributed by atoms with Crippen molar-refractivity contribution in [2.75, 3.05) is 6.61 Å². The molecule has 0 aromatic carbocycles. The first-order valence-electron chi connectivity index (χ1n) is 6.22. The molecule has 18 heavy (non-hydrogen) atoms. The van der Waals surface area contributed by atoms with Gasteiger partial charge in [0.15, 0.2) is 0 Å². The van der Waals surface area contributed by atoms with E-state index in [0.717, 1.165) is 25.0 Å². The summed E-state index contributed by atoms with van der Waals surface area (Å²) in [7, 11) is 0. The Morgan fingerprint density at radius 2 is 2.06 bits per heavy atom. The number of ether oxygens (including phenoxy) is 1. The van der Waals surface area contributed by atoms with Crippen LogP contribution >= 0.6 is 0 Å². The van der Waals surface area contributed by atoms with Crippen molar-refractivity contribution in [1.29, 1.82) is 0 Å². The van der Waals surface area contributed by atoms with Crippen molar-refractivity contribution < 1.29 is 14.6 Å². The Kier molecular flexibility index (Phi) is 5.28. The third kappa shape index (κ3) is 5.27. The SMILES string of the molecule is CC(C)(C)OC(=O)c1cccc(CCCCO)n1. The van der Waals surface area contributed by atoms with E-state index < -0.39 is 11.6 Å². The van der Waals surface area contributed by atoms with Gasteiger partial charge in [-0.25, -0.2) is 9.78 Å². The molecular formula is C14H21NO3. The first-order valence-corrected chi connectivity index (χ1v) is 6.22. The van der Waals surface area contributed by atoms with E-state index in [9.17, 15) is 4.79 Å². The lowest BCUT2D eigenvalue weighted by Gasteiger charge is -2.19. The maximum Gasteiger partial charge on any atom is 0.357 e. The zero-order valence-corrected chi connectivity index (χ0v) is 11.3. The summed E-state index contributed by atoms with van der Waals surface area (Å²) in [6.45, 7) is 5.67. The van der Waals surface area contributed by atoms with Crippen molar-refractivity contribution in [3.8, 4) is 0 Å². The summed E-state index contributed by atoms with van der Waals surface area (Å²) in [4.78, 5) is 16.1. The van der Waals surface area contributed by atoms with Gasteiger partial charge in [-0.3, -0.25) is 0 Å². The fourth-order valence-electron chi connectivity index (χ4n) is 1.48. The first kappa shape index (κ1) is 14.6. The molecule has 0 atom stereocenters. The molecule has 0 fully saturated rings. The van der Waals surface area contributed by atoms with Gasteiger partial charge in [0.1, 0.15) is 11.3 Å². The third-order valence-electron chi connectivity index (χ3n) is 2.26. The van der Waals surface area contributed by atoms with E-state index in [1.54, 1.807) is 12.1 Å². The van der Waals surface area contributed by atoms with E-state index in [1.165, 1.54) is 0 Å². The molecule has 1 rings (SSSR count). The van der Waals surface area contributed by atoms with Crippen LogP contribution in [0, 0.1) is 0 Å². The monoisotopic (exact) mass is 251 g/mol. The average molecular weight is 251 g/mol. The van der Waals surface area contributed by atoms with Crippen LogP contribution in [0.4, 0.5) is 0 Å². The third-order valence-corrected chi connectivity index (χ3v) is 2.26. The number of carbonyl (C=O) groups excluding carboxylic acids is 1. The number of unbranched alkanes of at least 4 members (excludes halogenated alkanes) is 1. The second-order valence-electron chi connectivity index (χ2n) is 5.20. The van der Waals surface area contributed by atoms with Crippen LogP contribution in [0.3, 0.4) is 0 Å². The second kappa shape index (κ2) is 6.50. The van der Waals surface area contributed by atoms with Gasteiger partial charge in [-0.1, -0.05) is 6.07 Å². The molecule has 4 nitrogen and oxygen atoms in total. The highest BCUT2D eigenvalue weighted by molar-refractivity contribution is 5.87. The predicted molar refractivity (Wildman–Crippen MR) is 69.4 cm³/mol. The van der Waals surface area contributed by atoms with E-state index in [0.29, 0.717) is 5.69 Å². The van der Waals surface area contributed by atoms with Crippen molar-refractivity contribution in [2.24, 2.45) is 0 Å². The van der Waals surface area contributed by atoms with E-state index in [-0.39, 0.29) is 6.61 Å². The van der Waals surface area contributed by atoms with E-state index >= 15 is 0 Å². The Morgan fingerprint density at radius 1 is 1.33 bits per heavy atom. The van der Waals surface area contributed by atoms with Crippen LogP contribution in [0.5, 0.6) is 0 Å². The highest BCUT2D eigenvalue weighted by Crippen LogP contribution is 2.11. The zero-order chi connectivity index (χ0) is 13.6. The van der Waals surface area contributed by atoms with Crippen LogP contribution in [0.15, 0.2) is 18.2 Å². The van der Waals surface area contributed by atoms with Crippen LogP contribution < -0.4 is 0 Å². The molecule has 0 radical (unpaired) electrons. The standard InChI is InChI=1S/C14H21NO3/c1-14(2,3)18-13(17)12-9-6-8-11(15-12)7-4-5-10-16/h6,8-9,16H,4-5,7,10H2,1-3H3. The summed E-state index contributed by atoms with van der Waals surface area (Å²) in [6, 6.07) is 5.34. The molecule has 1 aromatic rings. The lowest BCUT2D eigenvalue weighted by atomic mass is 10.1. The van der Waals surface area contributed by atoms with E-state index in [1.807, 2.05) is 26.8 Å². The molecule has 1 aromatic heterocycles. The van der Waals surface area contributed by atoms with Gasteiger partial charge in [0.2, 0.25) is 0 Å². The minimum Gasteiger partial charge on any atom is -0.455 e. The summed E-state index contributed by atoms with van der Waals surface area (Å²) >= 11 is 0. The Bertz CT molecular complexity index is 396. The number of nitrogens with zero attached hydrogens (tertiary/aromatic N) is 1. The molecule has 0 aliphatic heterocycles. The largest absolute Gasteiger partial charge is 0.455 e. The summed E-state index contributed by atoms with van der Waals surface area (Å²) < 4.78 is 5.26. The van der Waals surface area contributed by atoms with Crippen molar-refractivity contribution in [3.05, 3.63) is 29.6 Å². The van der Waals surface area contributed by atoms with Crippen molar-refractivity contribution in [1.82, 2.24) is 4.98 Å². The maximum atomic E-state index is 11.8. The molecule has 1 N–H and O–H groups in total. The fourth-order valence-corrected chi connectivity index (χ4v) is 1.48. The molecular weight excluding hydrogens is 230 g/mol. The predicted octanol–water partition coefficient (Wildman–Crippen LogP) is 2.35. The van der Waals surface area contributed by atoms with Gasteiger partial charge in [-0.05, 0) is 52.2 Å². The van der Waals surface area contributed by atoms with Crippen LogP contribution in [0.25, 0.3) is 0 Å². The number of esters is 1. The first-order chi connectivity index (χ1) is 8.42. The number of pyridine rings is 1. The van der Waals surface area contributed by atoms with E-state index in [2.05, 4.69) is 4.98 Å². The fraction of sp³-hybridized carbons (Fsp3) is 0.571. The molecule has 0 aliphatic carbocycles. The zero-order valence-electron chi connectivity index (χ0n) is 11.3. The highest BCUT2D eigenvalue weighted by atomic mass is 16.6. The number of aliphatic hydroxyl groups is 1. The summed E-state index contributed by atoms with van der Waals surface area (Å²) in [6.07, 6.45) is 2.37. The Balaban J connectivity index is 2.66. The van der Waals surface area contributed by atoms with Crippen molar-refractivity contribution >= 4 is 5.97 Å². The van der Waals surface area contributed by atoms with Crippen LogP contribution in [0.1, 0.15) is 49.8 Å². The summed E-state index contributed by atoms with van der Waals surface area (Å²) in [5, 5.41) is 8.72. The van der Waals surface area contributed by atoms with Crippen molar-refractivity contribution in [2.45, 2.75) is 45.6 Å². The van der Waals surface area contributed by atoms with Gasteiger partial charge in [-0.2, -0.15) is 0 Å². The lowest BCUT2D eigenvalue weighted by molar-refractivity contribution is 0.00625. The average Bonchev–Trinajstić information content (AvgIpc) is 2.27. The Labute approximate surface area is 108 Å². The van der Waals surface area contributed by atoms with Gasteiger partial charge < -0.3 is 9.84 Å². The lowest BCUT2D eigenvalue weighted by Crippen LogP contribution is -2.24. The highest BCUT2D eigenvalue weighted by Gasteiger charge is 2.18. The minimum absolute atomic E-state index is 0.186. The molecule has 0 saturated heterocycles. The number of aryl methyl sites for hydroxylation is 1. The molecule has 0 saturated carbocycles. The second-order valence-corrected chi connectivity index (χ2v) is 5.20. The van der Waals surface area contributed by atoms with Gasteiger partial charge in [-0.15, -0.1) is 0 Å². The smallest absolute Gasteiger partial charge is 0.357 e. The summed E-state index contributed by atoms with van der Waals surface area (Å²) in [5.74, 6) is -0.397. The molecule has 0 bridgehead atoms. The van der Waals surface area contributed by atoms with Gasteiger partial charge in [0.25, 0.3) is 0 Å². The number of rotatable bonds is 5. The Morgan fingerprint density at radius 3 is 2.67 bits per heavy atom. The van der Waals surface area contributed by atoms with Gasteiger partial charge >= 0.3 is 5.97 Å². The summed E-state index contributed by atoms with van der Waals surface area (Å²) in [5.41, 5.74) is 0.685. The minimum atomic E-state index is -0.508. The van der Waals surface area contributed by atoms with Crippen LogP contribution in [-0.4, -0.2) is 28.3 Å². The molecule has 1 heterocycles. The topological polar surface area (TPSA) is 59.4 Å². The van der Waals surface area contributed by atoms with Crippen molar-refractivity contribution in [3.63, 3.8) is 0 Å². The number of hydrogen-bond acceptors (Lipinski definition) is 4. The maximum absolute atomic E-state index is 11.8. The number of aromatic nitrogens is 1. The number of hydrogen-bond donors (Lipinski definition) is 1. The molecule has 0 amide bonds. The van der Waals surface area contributed by atoms with Gasteiger partial charge in [0.05, 0.1) is 0 Å². The molecule has 0 spiro atoms. The molecule has 0 aliphatic rings. The molecule has 4 heteroatoms. The number of aliphatic hydroxyl groups excluding tert-OH is 1. The number of carbonyl (C=O) groups is 1. The van der Waals surface area contributed by atoms with Gasteiger partial charge in [0, 0.05) is 12.3 Å². The Hall–Kier alpha value is -1.42. The molecule has 100 valence electrons. The molecule has 0 unspecified atom stereocenters. The normalized spacial score (nSPS) is 11.3. The van der Waals surface area contributed by atoms with Crippen LogP contribution in [-0.2, 0) is 11.2 Å². The van der Waals surface area contributed by atoms with Crippen LogP contribution in [0.2, 0.25) is 0 Å². The van der Waals surface area contributed by atoms with E-state index in [4.69, 9.17) is 9.84 Å².